The lowest BCUT2D eigenvalue weighted by Crippen LogP contribution is -2.58. The summed E-state index contributed by atoms with van der Waals surface area (Å²) < 4.78 is 0. The number of fused-ring (bicyclic) bond motifs is 1. The molecule has 0 spiro atoms. The molecule has 1 heterocycles. The molecule has 3 amide bonds. The first-order valence-electron chi connectivity index (χ1n) is 14.0. The Kier molecular flexibility index (Phi) is 10.7. The zero-order chi connectivity index (χ0) is 31.6. The third-order valence-corrected chi connectivity index (χ3v) is 7.17. The summed E-state index contributed by atoms with van der Waals surface area (Å²) in [5, 5.41) is 37.5. The average Bonchev–Trinajstić information content (AvgIpc) is 3.43. The predicted molar refractivity (Wildman–Crippen MR) is 162 cm³/mol. The van der Waals surface area contributed by atoms with E-state index >= 15 is 0 Å². The molecule has 0 radical (unpaired) electrons. The Bertz CT molecular complexity index is 1590. The van der Waals surface area contributed by atoms with Crippen molar-refractivity contribution in [3.8, 4) is 5.75 Å². The quantitative estimate of drug-likeness (QED) is 0.103. The molecule has 0 saturated carbocycles. The van der Waals surface area contributed by atoms with Crippen molar-refractivity contribution >= 4 is 34.6 Å². The number of carboxylic acid groups (broad SMARTS) is 1. The minimum atomic E-state index is -1.28. The van der Waals surface area contributed by atoms with E-state index in [-0.39, 0.29) is 25.0 Å². The van der Waals surface area contributed by atoms with Crippen LogP contribution in [0.15, 0.2) is 85.1 Å². The number of para-hydroxylation sites is 1. The number of phenols is 1. The van der Waals surface area contributed by atoms with E-state index in [4.69, 9.17) is 5.73 Å². The smallest absolute Gasteiger partial charge is 0.326 e. The molecule has 4 aromatic rings. The van der Waals surface area contributed by atoms with Gasteiger partial charge < -0.3 is 42.0 Å². The van der Waals surface area contributed by atoms with E-state index in [1.807, 2.05) is 24.3 Å². The third-order valence-electron chi connectivity index (χ3n) is 7.17. The maximum Gasteiger partial charge on any atom is 0.326 e. The van der Waals surface area contributed by atoms with Gasteiger partial charge in [0.2, 0.25) is 17.7 Å². The number of aliphatic hydroxyl groups is 1. The van der Waals surface area contributed by atoms with Crippen molar-refractivity contribution in [1.82, 2.24) is 20.9 Å². The number of H-pyrrole nitrogens is 1. The Labute approximate surface area is 253 Å². The molecule has 9 N–H and O–H groups in total. The molecule has 0 aliphatic rings. The van der Waals surface area contributed by atoms with Crippen LogP contribution in [0, 0.1) is 0 Å². The maximum absolute atomic E-state index is 13.7. The Morgan fingerprint density at radius 1 is 0.705 bits per heavy atom. The topological polar surface area (TPSA) is 207 Å². The minimum Gasteiger partial charge on any atom is -0.508 e. The summed E-state index contributed by atoms with van der Waals surface area (Å²) in [4.78, 5) is 55.2. The highest BCUT2D eigenvalue weighted by molar-refractivity contribution is 5.95. The molecule has 4 rings (SSSR count). The number of aliphatic hydroxyl groups excluding tert-OH is 1. The number of rotatable bonds is 14. The number of hydrogen-bond acceptors (Lipinski definition) is 7. The third kappa shape index (κ3) is 8.43. The largest absolute Gasteiger partial charge is 0.508 e. The number of aromatic nitrogens is 1. The number of carboxylic acids is 1. The van der Waals surface area contributed by atoms with Crippen LogP contribution in [0.25, 0.3) is 10.9 Å². The van der Waals surface area contributed by atoms with Crippen LogP contribution in [0.3, 0.4) is 0 Å². The van der Waals surface area contributed by atoms with Gasteiger partial charge in [-0.3, -0.25) is 14.4 Å². The fraction of sp³-hybridized carbons (Fsp3) is 0.250. The number of carbonyl (C=O) groups excluding carboxylic acids is 3. The van der Waals surface area contributed by atoms with Crippen molar-refractivity contribution < 1.29 is 34.5 Å². The maximum atomic E-state index is 13.7. The lowest BCUT2D eigenvalue weighted by Gasteiger charge is -2.25. The number of aliphatic carboxylic acids is 1. The summed E-state index contributed by atoms with van der Waals surface area (Å²) in [7, 11) is 0. The highest BCUT2D eigenvalue weighted by atomic mass is 16.4. The summed E-state index contributed by atoms with van der Waals surface area (Å²) in [6.45, 7) is -0.642. The number of phenolic OH excluding ortho intramolecular Hbond substituents is 1. The van der Waals surface area contributed by atoms with E-state index in [1.165, 1.54) is 12.1 Å². The van der Waals surface area contributed by atoms with Gasteiger partial charge >= 0.3 is 5.97 Å². The van der Waals surface area contributed by atoms with Crippen LogP contribution >= 0.6 is 0 Å². The molecule has 44 heavy (non-hydrogen) atoms. The molecule has 12 heteroatoms. The Balaban J connectivity index is 1.60. The van der Waals surface area contributed by atoms with E-state index in [2.05, 4.69) is 20.9 Å². The number of nitrogens with two attached hydrogens (primary N) is 1. The monoisotopic (exact) mass is 601 g/mol. The standard InChI is InChI=1S/C32H35N5O7/c33-24(18-38)29(40)35-27(16-21-17-34-25-9-5-4-8-23(21)25)31(42)36-26(14-20-10-12-22(39)13-11-20)30(41)37-28(32(43)44)15-19-6-2-1-3-7-19/h1-13,17,24,26-28,34,38-39H,14-16,18,33H2,(H,35,40)(H,36,42)(H,37,41)(H,43,44). The molecule has 0 bridgehead atoms. The fourth-order valence-electron chi connectivity index (χ4n) is 4.76. The van der Waals surface area contributed by atoms with Crippen molar-refractivity contribution in [2.45, 2.75) is 43.4 Å². The first-order chi connectivity index (χ1) is 21.1. The van der Waals surface area contributed by atoms with Crippen molar-refractivity contribution in [2.75, 3.05) is 6.61 Å². The van der Waals surface area contributed by atoms with Crippen molar-refractivity contribution in [3.05, 3.63) is 102 Å². The SMILES string of the molecule is NC(CO)C(=O)NC(Cc1c[nH]c2ccccc12)C(=O)NC(Cc1ccc(O)cc1)C(=O)NC(Cc1ccccc1)C(=O)O. The minimum absolute atomic E-state index is 0.00863. The number of carbonyl (C=O) groups is 4. The fourth-order valence-corrected chi connectivity index (χ4v) is 4.76. The summed E-state index contributed by atoms with van der Waals surface area (Å²) >= 11 is 0. The van der Waals surface area contributed by atoms with Gasteiger partial charge in [0.15, 0.2) is 0 Å². The van der Waals surface area contributed by atoms with Gasteiger partial charge in [0.1, 0.15) is 29.9 Å². The number of aromatic amines is 1. The van der Waals surface area contributed by atoms with E-state index < -0.39 is 54.5 Å². The van der Waals surface area contributed by atoms with Gasteiger partial charge in [-0.25, -0.2) is 4.79 Å². The summed E-state index contributed by atoms with van der Waals surface area (Å²) in [6, 6.07) is 17.2. The number of benzene rings is 3. The zero-order valence-corrected chi connectivity index (χ0v) is 23.8. The van der Waals surface area contributed by atoms with Crippen molar-refractivity contribution in [2.24, 2.45) is 5.73 Å². The summed E-state index contributed by atoms with van der Waals surface area (Å²) in [5.74, 6) is -3.48. The molecule has 12 nitrogen and oxygen atoms in total. The molecule has 0 aliphatic carbocycles. The van der Waals surface area contributed by atoms with E-state index in [0.717, 1.165) is 10.9 Å². The van der Waals surface area contributed by atoms with E-state index in [9.17, 15) is 34.5 Å². The Hall–Kier alpha value is -5.20. The van der Waals surface area contributed by atoms with Crippen LogP contribution in [0.2, 0.25) is 0 Å². The molecular weight excluding hydrogens is 566 g/mol. The molecule has 1 aromatic heterocycles. The van der Waals surface area contributed by atoms with Crippen LogP contribution in [-0.4, -0.2) is 74.8 Å². The second-order valence-electron chi connectivity index (χ2n) is 10.4. The molecule has 0 fully saturated rings. The molecule has 0 saturated heterocycles. The lowest BCUT2D eigenvalue weighted by atomic mass is 10.0. The predicted octanol–water partition coefficient (Wildman–Crippen LogP) is 0.760. The molecule has 4 unspecified atom stereocenters. The zero-order valence-electron chi connectivity index (χ0n) is 23.8. The lowest BCUT2D eigenvalue weighted by molar-refractivity contribution is -0.142. The van der Waals surface area contributed by atoms with Crippen molar-refractivity contribution in [1.29, 1.82) is 0 Å². The Morgan fingerprint density at radius 2 is 1.25 bits per heavy atom. The molecular formula is C32H35N5O7. The van der Waals surface area contributed by atoms with Gasteiger partial charge in [0.25, 0.3) is 0 Å². The first kappa shape index (κ1) is 31.7. The van der Waals surface area contributed by atoms with E-state index in [0.29, 0.717) is 16.7 Å². The normalized spacial score (nSPS) is 13.8. The van der Waals surface area contributed by atoms with Crippen LogP contribution in [-0.2, 0) is 38.4 Å². The number of amides is 3. The highest BCUT2D eigenvalue weighted by Crippen LogP contribution is 2.20. The number of aromatic hydroxyl groups is 1. The van der Waals surface area contributed by atoms with Crippen LogP contribution in [0.4, 0.5) is 0 Å². The summed E-state index contributed by atoms with van der Waals surface area (Å²) in [6.07, 6.45) is 1.71. The number of hydrogen-bond donors (Lipinski definition) is 8. The van der Waals surface area contributed by atoms with Crippen LogP contribution in [0.5, 0.6) is 5.75 Å². The first-order valence-corrected chi connectivity index (χ1v) is 14.0. The van der Waals surface area contributed by atoms with Gasteiger partial charge in [-0.1, -0.05) is 60.7 Å². The van der Waals surface area contributed by atoms with Gasteiger partial charge in [0, 0.05) is 36.4 Å². The van der Waals surface area contributed by atoms with E-state index in [1.54, 1.807) is 48.7 Å². The van der Waals surface area contributed by atoms with Crippen LogP contribution in [0.1, 0.15) is 16.7 Å². The highest BCUT2D eigenvalue weighted by Gasteiger charge is 2.31. The van der Waals surface area contributed by atoms with Gasteiger partial charge in [0.05, 0.1) is 6.61 Å². The van der Waals surface area contributed by atoms with Crippen LogP contribution < -0.4 is 21.7 Å². The molecule has 230 valence electrons. The van der Waals surface area contributed by atoms with Gasteiger partial charge in [-0.15, -0.1) is 0 Å². The second kappa shape index (κ2) is 14.8. The van der Waals surface area contributed by atoms with Gasteiger partial charge in [-0.2, -0.15) is 0 Å². The molecule has 4 atom stereocenters. The average molecular weight is 602 g/mol. The number of nitrogens with one attached hydrogen (secondary N) is 4. The molecule has 3 aromatic carbocycles. The van der Waals surface area contributed by atoms with Gasteiger partial charge in [-0.05, 0) is 34.9 Å². The molecule has 0 aliphatic heterocycles. The second-order valence-corrected chi connectivity index (χ2v) is 10.4. The Morgan fingerprint density at radius 3 is 1.91 bits per heavy atom. The van der Waals surface area contributed by atoms with Crippen molar-refractivity contribution in [3.63, 3.8) is 0 Å². The summed E-state index contributed by atoms with van der Waals surface area (Å²) in [5.41, 5.74) is 8.51.